The largest absolute Gasteiger partial charge is 0.444 e. The molecule has 1 aliphatic carbocycles. The summed E-state index contributed by atoms with van der Waals surface area (Å²) in [6.07, 6.45) is 11.7. The highest BCUT2D eigenvalue weighted by molar-refractivity contribution is 6.09. The number of pyridine rings is 1. The number of aliphatic imine (C=N–C) groups is 1. The third kappa shape index (κ3) is 7.04. The molecule has 7 heteroatoms. The zero-order valence-electron chi connectivity index (χ0n) is 19.4. The summed E-state index contributed by atoms with van der Waals surface area (Å²) in [5.41, 5.74) is 2.19. The molecule has 1 aromatic rings. The van der Waals surface area contributed by atoms with E-state index < -0.39 is 11.7 Å². The first-order valence-electron chi connectivity index (χ1n) is 11.4. The molecule has 2 N–H and O–H groups in total. The fourth-order valence-electron chi connectivity index (χ4n) is 3.79. The Morgan fingerprint density at radius 3 is 2.84 bits per heavy atom. The Bertz CT molecular complexity index is 896. The Morgan fingerprint density at radius 2 is 2.19 bits per heavy atom. The number of likely N-dealkylation sites (tertiary alicyclic amines) is 1. The van der Waals surface area contributed by atoms with Gasteiger partial charge in [-0.1, -0.05) is 25.5 Å². The number of carbonyl (C=O) groups excluding carboxylic acids is 1. The molecule has 1 aromatic heterocycles. The van der Waals surface area contributed by atoms with E-state index in [1.807, 2.05) is 39.1 Å². The highest BCUT2D eigenvalue weighted by Gasteiger charge is 2.27. The number of aryl methyl sites for hydroxylation is 1. The van der Waals surface area contributed by atoms with Crippen molar-refractivity contribution in [2.24, 2.45) is 10.9 Å². The Hall–Kier alpha value is -2.96. The van der Waals surface area contributed by atoms with Crippen LogP contribution >= 0.6 is 0 Å². The van der Waals surface area contributed by atoms with E-state index in [-0.39, 0.29) is 6.04 Å². The zero-order valence-corrected chi connectivity index (χ0v) is 19.4. The molecule has 7 nitrogen and oxygen atoms in total. The number of hydrogen-bond donors (Lipinski definition) is 2. The van der Waals surface area contributed by atoms with E-state index in [1.165, 1.54) is 19.1 Å². The fourth-order valence-corrected chi connectivity index (χ4v) is 3.79. The van der Waals surface area contributed by atoms with Gasteiger partial charge in [0.15, 0.2) is 0 Å². The number of alkyl carbamates (subject to hydrolysis) is 1. The van der Waals surface area contributed by atoms with Gasteiger partial charge in [-0.25, -0.2) is 9.79 Å². The van der Waals surface area contributed by atoms with Crippen LogP contribution in [0.15, 0.2) is 42.2 Å². The van der Waals surface area contributed by atoms with E-state index in [4.69, 9.17) is 10.1 Å². The second-order valence-corrected chi connectivity index (χ2v) is 9.48. The van der Waals surface area contributed by atoms with Gasteiger partial charge >= 0.3 is 6.09 Å². The van der Waals surface area contributed by atoms with E-state index in [2.05, 4.69) is 26.8 Å². The molecule has 172 valence electrons. The number of carbonyl (C=O) groups is 1. The van der Waals surface area contributed by atoms with Gasteiger partial charge in [-0.3, -0.25) is 4.98 Å². The number of amides is 1. The molecule has 0 radical (unpaired) electrons. The molecule has 0 unspecified atom stereocenters. The van der Waals surface area contributed by atoms with Crippen molar-refractivity contribution in [3.8, 4) is 0 Å². The minimum atomic E-state index is -0.520. The monoisotopic (exact) mass is 437 g/mol. The highest BCUT2D eigenvalue weighted by atomic mass is 16.6. The lowest BCUT2D eigenvalue weighted by molar-refractivity contribution is 0.0507. The lowest BCUT2D eigenvalue weighted by atomic mass is 10.0. The normalized spacial score (nSPS) is 19.6. The molecule has 3 rings (SSSR count). The van der Waals surface area contributed by atoms with Crippen molar-refractivity contribution in [1.29, 1.82) is 5.41 Å². The van der Waals surface area contributed by atoms with Gasteiger partial charge in [-0.05, 0) is 58.1 Å². The molecule has 0 spiro atoms. The van der Waals surface area contributed by atoms with E-state index in [9.17, 15) is 4.79 Å². The Morgan fingerprint density at radius 1 is 1.41 bits per heavy atom. The van der Waals surface area contributed by atoms with Gasteiger partial charge in [0.2, 0.25) is 0 Å². The summed E-state index contributed by atoms with van der Waals surface area (Å²) in [5, 5.41) is 10.9. The van der Waals surface area contributed by atoms with Crippen LogP contribution in [0.5, 0.6) is 0 Å². The second-order valence-electron chi connectivity index (χ2n) is 9.48. The van der Waals surface area contributed by atoms with Crippen LogP contribution < -0.4 is 5.32 Å². The number of hydrogen-bond acceptors (Lipinski definition) is 5. The number of amidine groups is 1. The first kappa shape index (κ1) is 23.7. The van der Waals surface area contributed by atoms with Gasteiger partial charge < -0.3 is 20.4 Å². The zero-order chi connectivity index (χ0) is 23.1. The minimum absolute atomic E-state index is 0.00598. The molecular weight excluding hydrogens is 402 g/mol. The van der Waals surface area contributed by atoms with Gasteiger partial charge in [0, 0.05) is 48.5 Å². The number of rotatable bonds is 8. The third-order valence-electron chi connectivity index (χ3n) is 5.59. The molecule has 2 aliphatic rings. The van der Waals surface area contributed by atoms with Crippen LogP contribution in [0.25, 0.3) is 5.57 Å². The summed E-state index contributed by atoms with van der Waals surface area (Å²) in [4.78, 5) is 23.3. The number of nitrogens with zero attached hydrogens (tertiary/aromatic N) is 3. The molecule has 2 fully saturated rings. The van der Waals surface area contributed by atoms with Gasteiger partial charge in [0.05, 0.1) is 6.04 Å². The molecule has 0 bridgehead atoms. The predicted molar refractivity (Wildman–Crippen MR) is 129 cm³/mol. The molecule has 1 aliphatic heterocycles. The summed E-state index contributed by atoms with van der Waals surface area (Å²) in [6.45, 7) is 10.9. The average Bonchev–Trinajstić information content (AvgIpc) is 3.46. The maximum Gasteiger partial charge on any atom is 0.407 e. The van der Waals surface area contributed by atoms with Crippen LogP contribution in [-0.4, -0.2) is 52.8 Å². The van der Waals surface area contributed by atoms with Crippen molar-refractivity contribution in [1.82, 2.24) is 15.2 Å². The van der Waals surface area contributed by atoms with E-state index in [0.29, 0.717) is 6.54 Å². The van der Waals surface area contributed by atoms with Crippen LogP contribution in [-0.2, 0) is 11.2 Å². The van der Waals surface area contributed by atoms with Crippen molar-refractivity contribution < 1.29 is 9.53 Å². The third-order valence-corrected chi connectivity index (χ3v) is 5.59. The molecule has 1 saturated heterocycles. The van der Waals surface area contributed by atoms with E-state index in [1.54, 1.807) is 12.3 Å². The van der Waals surface area contributed by atoms with E-state index >= 15 is 0 Å². The van der Waals surface area contributed by atoms with Crippen molar-refractivity contribution in [2.75, 3.05) is 13.1 Å². The maximum absolute atomic E-state index is 12.1. The SMILES string of the molecule is C=CC(=NC=C(C=N)c1cccnc1CCC1CC1)N1CC[C@H](NC(=O)OC(C)(C)C)C1. The molecule has 1 saturated carbocycles. The van der Waals surface area contributed by atoms with Crippen molar-refractivity contribution >= 4 is 23.7 Å². The number of ether oxygens (including phenoxy) is 1. The van der Waals surface area contributed by atoms with Gasteiger partial charge in [-0.15, -0.1) is 0 Å². The van der Waals surface area contributed by atoms with Gasteiger partial charge in [0.25, 0.3) is 0 Å². The minimum Gasteiger partial charge on any atom is -0.444 e. The molecule has 0 aromatic carbocycles. The van der Waals surface area contributed by atoms with Crippen LogP contribution in [0.1, 0.15) is 57.7 Å². The lowest BCUT2D eigenvalue weighted by Gasteiger charge is -2.22. The Balaban J connectivity index is 1.67. The molecule has 32 heavy (non-hydrogen) atoms. The molecule has 1 amide bonds. The summed E-state index contributed by atoms with van der Waals surface area (Å²) < 4.78 is 5.35. The number of allylic oxidation sites excluding steroid dienone is 1. The number of aromatic nitrogens is 1. The Kier molecular flexibility index (Phi) is 7.83. The lowest BCUT2D eigenvalue weighted by Crippen LogP contribution is -2.41. The average molecular weight is 438 g/mol. The van der Waals surface area contributed by atoms with Gasteiger partial charge in [0.1, 0.15) is 11.4 Å². The quantitative estimate of drug-likeness (QED) is 0.459. The maximum atomic E-state index is 12.1. The fraction of sp³-hybridized carbons (Fsp3) is 0.520. The van der Waals surface area contributed by atoms with Crippen molar-refractivity contribution in [3.05, 3.63) is 48.4 Å². The Labute approximate surface area is 191 Å². The molecular formula is C25H35N5O2. The topological polar surface area (TPSA) is 90.7 Å². The standard InChI is InChI=1S/C25H35N5O2/c1-5-23(30-14-12-20(17-30)29-24(31)32-25(2,3)4)28-16-19(15-26)21-7-6-13-27-22(21)11-10-18-8-9-18/h5-7,13,15-16,18,20,26H,1,8-12,14,17H2,2-4H3,(H,29,31)/t20-/m0/s1. The van der Waals surface area contributed by atoms with Crippen molar-refractivity contribution in [2.45, 2.75) is 64.5 Å². The second kappa shape index (κ2) is 10.6. The smallest absolute Gasteiger partial charge is 0.407 e. The molecule has 1 atom stereocenters. The predicted octanol–water partition coefficient (Wildman–Crippen LogP) is 4.60. The van der Waals surface area contributed by atoms with Crippen molar-refractivity contribution in [3.63, 3.8) is 0 Å². The van der Waals surface area contributed by atoms with Gasteiger partial charge in [-0.2, -0.15) is 0 Å². The summed E-state index contributed by atoms with van der Waals surface area (Å²) in [6, 6.07) is 3.90. The van der Waals surface area contributed by atoms with E-state index in [0.717, 1.165) is 54.4 Å². The van der Waals surface area contributed by atoms with Crippen LogP contribution in [0.3, 0.4) is 0 Å². The summed E-state index contributed by atoms with van der Waals surface area (Å²) in [7, 11) is 0. The highest BCUT2D eigenvalue weighted by Crippen LogP contribution is 2.34. The summed E-state index contributed by atoms with van der Waals surface area (Å²) in [5.74, 6) is 1.56. The summed E-state index contributed by atoms with van der Waals surface area (Å²) >= 11 is 0. The van der Waals surface area contributed by atoms with Crippen LogP contribution in [0, 0.1) is 11.3 Å². The van der Waals surface area contributed by atoms with Crippen LogP contribution in [0.2, 0.25) is 0 Å². The first-order chi connectivity index (χ1) is 15.3. The number of nitrogens with one attached hydrogen (secondary N) is 2. The first-order valence-corrected chi connectivity index (χ1v) is 11.4. The van der Waals surface area contributed by atoms with Crippen LogP contribution in [0.4, 0.5) is 4.79 Å². The molecule has 2 heterocycles.